The summed E-state index contributed by atoms with van der Waals surface area (Å²) in [4.78, 5) is 22.2. The molecule has 1 saturated heterocycles. The molecular formula is C18H20N6O. The van der Waals surface area contributed by atoms with Crippen molar-refractivity contribution in [3.05, 3.63) is 47.8 Å². The number of nitrogens with two attached hydrogens (primary N) is 1. The van der Waals surface area contributed by atoms with Gasteiger partial charge in [0.15, 0.2) is 0 Å². The molecule has 0 saturated carbocycles. The number of nitrogens with one attached hydrogen (secondary N) is 1. The number of nitriles is 1. The highest BCUT2D eigenvalue weighted by Crippen LogP contribution is 2.25. The van der Waals surface area contributed by atoms with E-state index in [1.165, 1.54) is 0 Å². The van der Waals surface area contributed by atoms with Gasteiger partial charge in [0.2, 0.25) is 5.91 Å². The van der Waals surface area contributed by atoms with Crippen molar-refractivity contribution in [1.82, 2.24) is 9.97 Å². The maximum atomic E-state index is 11.3. The quantitative estimate of drug-likeness (QED) is 0.860. The lowest BCUT2D eigenvalue weighted by Crippen LogP contribution is -2.39. The molecule has 2 aromatic heterocycles. The van der Waals surface area contributed by atoms with E-state index >= 15 is 0 Å². The Morgan fingerprint density at radius 2 is 2.00 bits per heavy atom. The number of nitrogens with zero attached hydrogens (tertiary/aromatic N) is 4. The fourth-order valence-corrected chi connectivity index (χ4v) is 3.04. The number of carbonyl (C=O) groups excluding carboxylic acids is 1. The minimum Gasteiger partial charge on any atom is -0.369 e. The molecule has 0 radical (unpaired) electrons. The molecule has 0 atom stereocenters. The fraction of sp³-hybridized carbons (Fsp3) is 0.333. The smallest absolute Gasteiger partial charge is 0.220 e. The van der Waals surface area contributed by atoms with Crippen molar-refractivity contribution in [2.75, 3.05) is 23.3 Å². The first-order chi connectivity index (χ1) is 12.2. The Kier molecular flexibility index (Phi) is 5.09. The molecule has 0 spiro atoms. The molecule has 7 nitrogen and oxygen atoms in total. The summed E-state index contributed by atoms with van der Waals surface area (Å²) in [6.07, 6.45) is 4.91. The van der Waals surface area contributed by atoms with Gasteiger partial charge >= 0.3 is 0 Å². The van der Waals surface area contributed by atoms with E-state index in [0.29, 0.717) is 17.9 Å². The highest BCUT2D eigenvalue weighted by molar-refractivity contribution is 5.77. The third kappa shape index (κ3) is 3.86. The molecule has 1 amide bonds. The number of pyridine rings is 2. The second-order valence-electron chi connectivity index (χ2n) is 6.01. The summed E-state index contributed by atoms with van der Waals surface area (Å²) in [5.41, 5.74) is 6.94. The Morgan fingerprint density at radius 1 is 1.28 bits per heavy atom. The van der Waals surface area contributed by atoms with Gasteiger partial charge in [0.25, 0.3) is 0 Å². The molecule has 0 unspecified atom stereocenters. The second-order valence-corrected chi connectivity index (χ2v) is 6.01. The average molecular weight is 336 g/mol. The van der Waals surface area contributed by atoms with Crippen LogP contribution in [0.5, 0.6) is 0 Å². The predicted octanol–water partition coefficient (Wildman–Crippen LogP) is 1.66. The van der Waals surface area contributed by atoms with Crippen molar-refractivity contribution in [1.29, 1.82) is 5.26 Å². The number of anilines is 2. The second kappa shape index (κ2) is 7.62. The fourth-order valence-electron chi connectivity index (χ4n) is 3.04. The zero-order chi connectivity index (χ0) is 17.6. The number of piperidine rings is 1. The van der Waals surface area contributed by atoms with Crippen LogP contribution in [0.25, 0.3) is 0 Å². The van der Waals surface area contributed by atoms with E-state index in [2.05, 4.69) is 26.3 Å². The molecular weight excluding hydrogens is 316 g/mol. The molecule has 0 aliphatic carbocycles. The summed E-state index contributed by atoms with van der Waals surface area (Å²) in [6, 6.07) is 9.49. The zero-order valence-corrected chi connectivity index (χ0v) is 13.9. The molecule has 1 aliphatic rings. The normalized spacial score (nSPS) is 14.8. The van der Waals surface area contributed by atoms with Gasteiger partial charge in [-0.3, -0.25) is 4.79 Å². The van der Waals surface area contributed by atoms with Gasteiger partial charge in [0.05, 0.1) is 5.56 Å². The largest absolute Gasteiger partial charge is 0.369 e. The minimum atomic E-state index is -0.221. The number of hydrogen-bond acceptors (Lipinski definition) is 6. The number of rotatable bonds is 5. The van der Waals surface area contributed by atoms with Gasteiger partial charge in [0.1, 0.15) is 17.7 Å². The van der Waals surface area contributed by atoms with Crippen molar-refractivity contribution >= 4 is 17.5 Å². The summed E-state index contributed by atoms with van der Waals surface area (Å²) in [7, 11) is 0. The molecule has 25 heavy (non-hydrogen) atoms. The van der Waals surface area contributed by atoms with E-state index in [9.17, 15) is 4.79 Å². The highest BCUT2D eigenvalue weighted by Gasteiger charge is 2.24. The highest BCUT2D eigenvalue weighted by atomic mass is 16.1. The van der Waals surface area contributed by atoms with Gasteiger partial charge in [-0.25, -0.2) is 9.97 Å². The lowest BCUT2D eigenvalue weighted by atomic mass is 9.96. The van der Waals surface area contributed by atoms with Crippen LogP contribution in [-0.2, 0) is 11.3 Å². The van der Waals surface area contributed by atoms with Crippen LogP contribution in [0.15, 0.2) is 36.7 Å². The number of carbonyl (C=O) groups is 1. The topological polar surface area (TPSA) is 108 Å². The summed E-state index contributed by atoms with van der Waals surface area (Å²) in [5, 5.41) is 12.4. The summed E-state index contributed by atoms with van der Waals surface area (Å²) in [5.74, 6) is 1.19. The van der Waals surface area contributed by atoms with Gasteiger partial charge in [0, 0.05) is 43.5 Å². The number of aromatic nitrogens is 2. The van der Waals surface area contributed by atoms with Crippen LogP contribution in [0.4, 0.5) is 11.6 Å². The minimum absolute atomic E-state index is 0.0479. The zero-order valence-electron chi connectivity index (χ0n) is 13.9. The first-order valence-corrected chi connectivity index (χ1v) is 8.26. The summed E-state index contributed by atoms with van der Waals surface area (Å²) >= 11 is 0. The van der Waals surface area contributed by atoms with Crippen LogP contribution in [0.2, 0.25) is 0 Å². The molecule has 2 aromatic rings. The SMILES string of the molecule is N#Cc1cccnc1NCc1cccnc1N1CCC(C(N)=O)CC1. The van der Waals surface area contributed by atoms with Crippen LogP contribution in [-0.4, -0.2) is 29.0 Å². The van der Waals surface area contributed by atoms with Crippen molar-refractivity contribution in [2.24, 2.45) is 11.7 Å². The number of amides is 1. The Hall–Kier alpha value is -3.14. The summed E-state index contributed by atoms with van der Waals surface area (Å²) in [6.45, 7) is 2.03. The van der Waals surface area contributed by atoms with Crippen LogP contribution >= 0.6 is 0 Å². The lowest BCUT2D eigenvalue weighted by molar-refractivity contribution is -0.122. The van der Waals surface area contributed by atoms with E-state index in [1.807, 2.05) is 12.1 Å². The van der Waals surface area contributed by atoms with Crippen LogP contribution in [0.3, 0.4) is 0 Å². The van der Waals surface area contributed by atoms with E-state index < -0.39 is 0 Å². The van der Waals surface area contributed by atoms with Crippen molar-refractivity contribution < 1.29 is 4.79 Å². The van der Waals surface area contributed by atoms with Gasteiger partial charge in [-0.05, 0) is 31.0 Å². The Balaban J connectivity index is 1.72. The standard InChI is InChI=1S/C18H20N6O/c19-11-14-3-1-7-21-17(14)23-12-15-4-2-8-22-18(15)24-9-5-13(6-10-24)16(20)25/h1-4,7-8,13H,5-6,9-10,12H2,(H2,20,25)(H,21,23). The van der Waals surface area contributed by atoms with Crippen LogP contribution in [0.1, 0.15) is 24.0 Å². The molecule has 128 valence electrons. The summed E-state index contributed by atoms with van der Waals surface area (Å²) < 4.78 is 0. The molecule has 1 fully saturated rings. The van der Waals surface area contributed by atoms with E-state index in [4.69, 9.17) is 11.0 Å². The maximum Gasteiger partial charge on any atom is 0.220 e. The lowest BCUT2D eigenvalue weighted by Gasteiger charge is -2.32. The Morgan fingerprint density at radius 3 is 2.72 bits per heavy atom. The van der Waals surface area contributed by atoms with Gasteiger partial charge in [-0.15, -0.1) is 0 Å². The van der Waals surface area contributed by atoms with Crippen molar-refractivity contribution in [3.63, 3.8) is 0 Å². The first-order valence-electron chi connectivity index (χ1n) is 8.26. The molecule has 1 aliphatic heterocycles. The molecule has 0 bridgehead atoms. The maximum absolute atomic E-state index is 11.3. The molecule has 3 rings (SSSR count). The van der Waals surface area contributed by atoms with Gasteiger partial charge < -0.3 is 16.0 Å². The monoisotopic (exact) mass is 336 g/mol. The van der Waals surface area contributed by atoms with Crippen LogP contribution < -0.4 is 16.0 Å². The van der Waals surface area contributed by atoms with E-state index in [1.54, 1.807) is 24.5 Å². The van der Waals surface area contributed by atoms with E-state index in [-0.39, 0.29) is 11.8 Å². The van der Waals surface area contributed by atoms with Crippen LogP contribution in [0, 0.1) is 17.2 Å². The molecule has 3 heterocycles. The molecule has 7 heteroatoms. The van der Waals surface area contributed by atoms with Gasteiger partial charge in [-0.1, -0.05) is 6.07 Å². The predicted molar refractivity (Wildman–Crippen MR) is 94.6 cm³/mol. The Labute approximate surface area is 146 Å². The third-order valence-corrected chi connectivity index (χ3v) is 4.44. The van der Waals surface area contributed by atoms with Gasteiger partial charge in [-0.2, -0.15) is 5.26 Å². The van der Waals surface area contributed by atoms with Crippen molar-refractivity contribution in [3.8, 4) is 6.07 Å². The first kappa shape index (κ1) is 16.7. The number of primary amides is 1. The molecule has 0 aromatic carbocycles. The van der Waals surface area contributed by atoms with E-state index in [0.717, 1.165) is 37.3 Å². The van der Waals surface area contributed by atoms with Crippen molar-refractivity contribution in [2.45, 2.75) is 19.4 Å². The molecule has 3 N–H and O–H groups in total. The number of hydrogen-bond donors (Lipinski definition) is 2. The average Bonchev–Trinajstić information content (AvgIpc) is 2.67. The third-order valence-electron chi connectivity index (χ3n) is 4.44. The Bertz CT molecular complexity index is 792.